The maximum atomic E-state index is 11.5. The van der Waals surface area contributed by atoms with Crippen molar-refractivity contribution in [2.45, 2.75) is 0 Å². The molecule has 1 amide bonds. The first-order valence-corrected chi connectivity index (χ1v) is 5.29. The molecule has 0 radical (unpaired) electrons. The number of hydrazone groups is 1. The standard InChI is InChI=1S/C12H10N4O3/c17-9-3-2-8(10(18)6-9)7-15-16-12(19)11-13-4-1-5-14-11/h1-7,17-18H,(H,16,19)/b15-7+. The van der Waals surface area contributed by atoms with Gasteiger partial charge in [0.15, 0.2) is 0 Å². The highest BCUT2D eigenvalue weighted by atomic mass is 16.3. The maximum absolute atomic E-state index is 11.5. The Balaban J connectivity index is 2.02. The van der Waals surface area contributed by atoms with Crippen LogP contribution in [0.4, 0.5) is 0 Å². The molecule has 0 unspecified atom stereocenters. The van der Waals surface area contributed by atoms with Gasteiger partial charge in [-0.1, -0.05) is 0 Å². The summed E-state index contributed by atoms with van der Waals surface area (Å²) in [5.74, 6) is -0.768. The molecular formula is C12H10N4O3. The van der Waals surface area contributed by atoms with Crippen LogP contribution in [0, 0.1) is 0 Å². The number of nitrogens with zero attached hydrogens (tertiary/aromatic N) is 3. The van der Waals surface area contributed by atoms with Crippen LogP contribution in [-0.4, -0.2) is 32.3 Å². The van der Waals surface area contributed by atoms with Gasteiger partial charge < -0.3 is 10.2 Å². The van der Waals surface area contributed by atoms with E-state index in [-0.39, 0.29) is 17.3 Å². The summed E-state index contributed by atoms with van der Waals surface area (Å²) in [4.78, 5) is 19.0. The van der Waals surface area contributed by atoms with Crippen LogP contribution in [-0.2, 0) is 0 Å². The number of hydrogen-bond donors (Lipinski definition) is 3. The van der Waals surface area contributed by atoms with Crippen LogP contribution in [0.5, 0.6) is 11.5 Å². The highest BCUT2D eigenvalue weighted by Gasteiger charge is 2.06. The van der Waals surface area contributed by atoms with E-state index in [0.717, 1.165) is 0 Å². The van der Waals surface area contributed by atoms with Gasteiger partial charge in [-0.25, -0.2) is 15.4 Å². The van der Waals surface area contributed by atoms with Crippen LogP contribution in [0.3, 0.4) is 0 Å². The normalized spacial score (nSPS) is 10.5. The van der Waals surface area contributed by atoms with Crippen molar-refractivity contribution in [1.82, 2.24) is 15.4 Å². The van der Waals surface area contributed by atoms with Crippen LogP contribution in [0.15, 0.2) is 41.8 Å². The summed E-state index contributed by atoms with van der Waals surface area (Å²) in [6.45, 7) is 0. The Morgan fingerprint density at radius 3 is 2.68 bits per heavy atom. The molecule has 0 saturated carbocycles. The minimum atomic E-state index is -0.560. The number of aromatic nitrogens is 2. The average Bonchev–Trinajstić information content (AvgIpc) is 2.42. The number of rotatable bonds is 3. The highest BCUT2D eigenvalue weighted by molar-refractivity contribution is 5.91. The van der Waals surface area contributed by atoms with Crippen molar-refractivity contribution >= 4 is 12.1 Å². The van der Waals surface area contributed by atoms with E-state index in [1.165, 1.54) is 36.8 Å². The van der Waals surface area contributed by atoms with E-state index in [9.17, 15) is 9.90 Å². The number of hydrogen-bond acceptors (Lipinski definition) is 6. The summed E-state index contributed by atoms with van der Waals surface area (Å²) in [7, 11) is 0. The van der Waals surface area contributed by atoms with Crippen molar-refractivity contribution in [3.05, 3.63) is 48.0 Å². The molecule has 0 aliphatic carbocycles. The predicted molar refractivity (Wildman–Crippen MR) is 66.9 cm³/mol. The first kappa shape index (κ1) is 12.5. The highest BCUT2D eigenvalue weighted by Crippen LogP contribution is 2.20. The van der Waals surface area contributed by atoms with Gasteiger partial charge in [0.2, 0.25) is 5.82 Å². The molecular weight excluding hydrogens is 248 g/mol. The molecule has 0 aliphatic heterocycles. The molecule has 0 saturated heterocycles. The monoisotopic (exact) mass is 258 g/mol. The van der Waals surface area contributed by atoms with E-state index in [2.05, 4.69) is 20.5 Å². The molecule has 3 N–H and O–H groups in total. The van der Waals surface area contributed by atoms with Gasteiger partial charge in [-0.2, -0.15) is 5.10 Å². The molecule has 0 spiro atoms. The van der Waals surface area contributed by atoms with Gasteiger partial charge in [0.1, 0.15) is 11.5 Å². The predicted octanol–water partition coefficient (Wildman–Crippen LogP) is 0.652. The Labute approximate surface area is 108 Å². The molecule has 2 aromatic rings. The van der Waals surface area contributed by atoms with Gasteiger partial charge in [-0.15, -0.1) is 0 Å². The van der Waals surface area contributed by atoms with Crippen molar-refractivity contribution < 1.29 is 15.0 Å². The Bertz CT molecular complexity index is 614. The van der Waals surface area contributed by atoms with Crippen molar-refractivity contribution in [2.75, 3.05) is 0 Å². The van der Waals surface area contributed by atoms with E-state index < -0.39 is 5.91 Å². The molecule has 1 heterocycles. The zero-order valence-corrected chi connectivity index (χ0v) is 9.69. The van der Waals surface area contributed by atoms with Crippen molar-refractivity contribution in [2.24, 2.45) is 5.10 Å². The number of phenolic OH excluding ortho intramolecular Hbond substituents is 2. The third kappa shape index (κ3) is 3.25. The fourth-order valence-electron chi connectivity index (χ4n) is 1.27. The van der Waals surface area contributed by atoms with Gasteiger partial charge in [0.05, 0.1) is 6.21 Å². The van der Waals surface area contributed by atoms with E-state index >= 15 is 0 Å². The Hall–Kier alpha value is -2.96. The molecule has 96 valence electrons. The second kappa shape index (κ2) is 5.58. The number of phenols is 2. The topological polar surface area (TPSA) is 108 Å². The molecule has 0 fully saturated rings. The number of benzene rings is 1. The van der Waals surface area contributed by atoms with Crippen molar-refractivity contribution in [3.8, 4) is 11.5 Å². The van der Waals surface area contributed by atoms with Gasteiger partial charge in [-0.05, 0) is 18.2 Å². The van der Waals surface area contributed by atoms with Crippen molar-refractivity contribution in [3.63, 3.8) is 0 Å². The molecule has 0 aliphatic rings. The number of amides is 1. The number of carbonyl (C=O) groups excluding carboxylic acids is 1. The third-order valence-electron chi connectivity index (χ3n) is 2.15. The lowest BCUT2D eigenvalue weighted by molar-refractivity contribution is 0.0944. The van der Waals surface area contributed by atoms with Crippen LogP contribution < -0.4 is 5.43 Å². The fourth-order valence-corrected chi connectivity index (χ4v) is 1.27. The van der Waals surface area contributed by atoms with Gasteiger partial charge in [0, 0.05) is 24.0 Å². The number of nitrogens with one attached hydrogen (secondary N) is 1. The zero-order valence-electron chi connectivity index (χ0n) is 9.69. The van der Waals surface area contributed by atoms with E-state index in [1.54, 1.807) is 6.07 Å². The van der Waals surface area contributed by atoms with E-state index in [4.69, 9.17) is 5.11 Å². The molecule has 7 heteroatoms. The fraction of sp³-hybridized carbons (Fsp3) is 0. The van der Waals surface area contributed by atoms with Crippen LogP contribution in [0.1, 0.15) is 16.2 Å². The summed E-state index contributed by atoms with van der Waals surface area (Å²) in [6, 6.07) is 5.61. The summed E-state index contributed by atoms with van der Waals surface area (Å²) < 4.78 is 0. The van der Waals surface area contributed by atoms with Crippen molar-refractivity contribution in [1.29, 1.82) is 0 Å². The minimum absolute atomic E-state index is 0.00502. The zero-order chi connectivity index (χ0) is 13.7. The third-order valence-corrected chi connectivity index (χ3v) is 2.15. The SMILES string of the molecule is O=C(N/N=C/c1ccc(O)cc1O)c1ncccn1. The van der Waals surface area contributed by atoms with E-state index in [0.29, 0.717) is 5.56 Å². The smallest absolute Gasteiger partial charge is 0.309 e. The van der Waals surface area contributed by atoms with Gasteiger partial charge in [0.25, 0.3) is 0 Å². The summed E-state index contributed by atoms with van der Waals surface area (Å²) >= 11 is 0. The summed E-state index contributed by atoms with van der Waals surface area (Å²) in [6.07, 6.45) is 4.13. The molecule has 7 nitrogen and oxygen atoms in total. The Morgan fingerprint density at radius 1 is 1.26 bits per heavy atom. The second-order valence-corrected chi connectivity index (χ2v) is 3.51. The Morgan fingerprint density at radius 2 is 2.00 bits per heavy atom. The maximum Gasteiger partial charge on any atom is 0.309 e. The van der Waals surface area contributed by atoms with Gasteiger partial charge in [-0.3, -0.25) is 4.79 Å². The Kier molecular flexibility index (Phi) is 3.67. The number of carbonyl (C=O) groups is 1. The average molecular weight is 258 g/mol. The van der Waals surface area contributed by atoms with Gasteiger partial charge >= 0.3 is 5.91 Å². The van der Waals surface area contributed by atoms with Crippen LogP contribution in [0.2, 0.25) is 0 Å². The minimum Gasteiger partial charge on any atom is -0.508 e. The molecule has 1 aromatic carbocycles. The summed E-state index contributed by atoms with van der Waals surface area (Å²) in [5.41, 5.74) is 2.57. The van der Waals surface area contributed by atoms with Crippen LogP contribution >= 0.6 is 0 Å². The molecule has 1 aromatic heterocycles. The van der Waals surface area contributed by atoms with E-state index in [1.807, 2.05) is 0 Å². The molecule has 2 rings (SSSR count). The number of aromatic hydroxyl groups is 2. The largest absolute Gasteiger partial charge is 0.508 e. The molecule has 0 bridgehead atoms. The quantitative estimate of drug-likeness (QED) is 0.553. The summed E-state index contributed by atoms with van der Waals surface area (Å²) in [5, 5.41) is 22.3. The lowest BCUT2D eigenvalue weighted by Gasteiger charge is -2.00. The first-order valence-electron chi connectivity index (χ1n) is 5.29. The second-order valence-electron chi connectivity index (χ2n) is 3.51. The lowest BCUT2D eigenvalue weighted by atomic mass is 10.2. The molecule has 19 heavy (non-hydrogen) atoms. The first-order chi connectivity index (χ1) is 9.16. The van der Waals surface area contributed by atoms with Crippen LogP contribution in [0.25, 0.3) is 0 Å². The lowest BCUT2D eigenvalue weighted by Crippen LogP contribution is -2.20. The molecule has 0 atom stereocenters.